The highest BCUT2D eigenvalue weighted by molar-refractivity contribution is 7.89. The predicted octanol–water partition coefficient (Wildman–Crippen LogP) is 4.47. The van der Waals surface area contributed by atoms with E-state index in [2.05, 4.69) is 32.5 Å². The second-order valence-corrected chi connectivity index (χ2v) is 12.2. The minimum absolute atomic E-state index is 0.0991. The number of ether oxygens (including phenoxy) is 2. The van der Waals surface area contributed by atoms with Gasteiger partial charge in [0.25, 0.3) is 5.91 Å². The second kappa shape index (κ2) is 14.3. The molecule has 1 aliphatic heterocycles. The first kappa shape index (κ1) is 30.9. The van der Waals surface area contributed by atoms with Gasteiger partial charge >= 0.3 is 0 Å². The number of hydrazone groups is 1. The molecule has 1 fully saturated rings. The van der Waals surface area contributed by atoms with Crippen LogP contribution in [0.5, 0.6) is 5.75 Å². The van der Waals surface area contributed by atoms with Crippen LogP contribution in [0.25, 0.3) is 0 Å². The zero-order valence-electron chi connectivity index (χ0n) is 24.7. The molecule has 0 spiro atoms. The van der Waals surface area contributed by atoms with Crippen LogP contribution in [0.1, 0.15) is 34.0 Å². The Labute approximate surface area is 258 Å². The molecule has 2 heterocycles. The molecule has 1 N–H and O–H groups in total. The first-order valence-corrected chi connectivity index (χ1v) is 15.7. The highest BCUT2D eigenvalue weighted by Gasteiger charge is 2.25. The van der Waals surface area contributed by atoms with E-state index in [1.54, 1.807) is 54.9 Å². The molecule has 4 aromatic rings. The monoisotopic (exact) mass is 613 g/mol. The van der Waals surface area contributed by atoms with Crippen LogP contribution in [-0.2, 0) is 27.8 Å². The topological polar surface area (TPSA) is 113 Å². The number of carbonyl (C=O) groups excluding carboxylic acids is 1. The lowest BCUT2D eigenvalue weighted by molar-refractivity contribution is 0.0954. The maximum atomic E-state index is 13.7. The quantitative estimate of drug-likeness (QED) is 0.196. The number of morpholine rings is 1. The number of amides is 1. The number of hydrogen-bond acceptors (Lipinski definition) is 8. The van der Waals surface area contributed by atoms with E-state index in [0.29, 0.717) is 30.2 Å². The minimum Gasteiger partial charge on any atom is -0.497 e. The number of pyridine rings is 1. The molecule has 0 bridgehead atoms. The summed E-state index contributed by atoms with van der Waals surface area (Å²) in [5.74, 6) is 0.205. The molecule has 0 radical (unpaired) electrons. The number of nitrogens with one attached hydrogen (secondary N) is 1. The number of benzene rings is 3. The van der Waals surface area contributed by atoms with Gasteiger partial charge in [0.1, 0.15) is 5.75 Å². The lowest BCUT2D eigenvalue weighted by Crippen LogP contribution is -2.36. The third-order valence-corrected chi connectivity index (χ3v) is 9.13. The number of sulfonamides is 1. The number of hydrogen-bond donors (Lipinski definition) is 1. The van der Waals surface area contributed by atoms with Gasteiger partial charge < -0.3 is 14.4 Å². The molecule has 0 aliphatic carbocycles. The molecule has 0 saturated carbocycles. The van der Waals surface area contributed by atoms with Crippen molar-refractivity contribution in [1.82, 2.24) is 14.7 Å². The maximum absolute atomic E-state index is 13.7. The molecule has 1 aromatic heterocycles. The Morgan fingerprint density at radius 3 is 2.36 bits per heavy atom. The summed E-state index contributed by atoms with van der Waals surface area (Å²) in [6.07, 6.45) is 3.29. The molecular weight excluding hydrogens is 578 g/mol. The lowest BCUT2D eigenvalue weighted by Gasteiger charge is -2.29. The van der Waals surface area contributed by atoms with Gasteiger partial charge in [0, 0.05) is 49.8 Å². The predicted molar refractivity (Wildman–Crippen MR) is 169 cm³/mol. The molecule has 0 atom stereocenters. The van der Waals surface area contributed by atoms with Gasteiger partial charge in [0.2, 0.25) is 10.0 Å². The number of methoxy groups -OCH3 is 1. The van der Waals surface area contributed by atoms with Crippen LogP contribution < -0.4 is 15.1 Å². The van der Waals surface area contributed by atoms with Crippen molar-refractivity contribution in [1.29, 1.82) is 0 Å². The number of carbonyl (C=O) groups is 1. The number of nitrogens with zero attached hydrogens (tertiary/aromatic N) is 4. The van der Waals surface area contributed by atoms with Crippen LogP contribution >= 0.6 is 0 Å². The summed E-state index contributed by atoms with van der Waals surface area (Å²) in [6, 6.07) is 24.8. The Balaban J connectivity index is 1.28. The molecule has 10 nitrogen and oxygen atoms in total. The molecule has 1 aliphatic rings. The third kappa shape index (κ3) is 7.67. The number of rotatable bonds is 11. The highest BCUT2D eigenvalue weighted by Crippen LogP contribution is 2.24. The second-order valence-electron chi connectivity index (χ2n) is 10.3. The Kier molecular flexibility index (Phi) is 10.0. The number of anilines is 1. The Bertz CT molecular complexity index is 1690. The van der Waals surface area contributed by atoms with E-state index in [4.69, 9.17) is 9.47 Å². The van der Waals surface area contributed by atoms with Crippen LogP contribution in [0.15, 0.2) is 107 Å². The van der Waals surface area contributed by atoms with Gasteiger partial charge in [-0.15, -0.1) is 0 Å². The standard InChI is InChI=1S/C33H35N5O5S/c1-25(29-6-3-7-30(21-29)37-17-19-43-20-18-37)35-36-33(39)28-10-8-26(9-11-28)23-38(24-27-5-4-16-34-22-27)44(40,41)32-14-12-31(42-2)13-15-32/h3-16,21-22H,17-20,23-24H2,1-2H3,(H,36,39). The van der Waals surface area contributed by atoms with Crippen LogP contribution in [-0.4, -0.2) is 62.7 Å². The summed E-state index contributed by atoms with van der Waals surface area (Å²) in [5.41, 5.74) is 7.21. The zero-order valence-corrected chi connectivity index (χ0v) is 25.5. The molecule has 11 heteroatoms. The largest absolute Gasteiger partial charge is 0.497 e. The molecule has 1 saturated heterocycles. The van der Waals surface area contributed by atoms with Gasteiger partial charge in [-0.25, -0.2) is 13.8 Å². The first-order chi connectivity index (χ1) is 21.3. The van der Waals surface area contributed by atoms with Crippen LogP contribution in [0, 0.1) is 0 Å². The summed E-state index contributed by atoms with van der Waals surface area (Å²) < 4.78 is 39.4. The van der Waals surface area contributed by atoms with Gasteiger partial charge in [-0.05, 0) is 78.2 Å². The van der Waals surface area contributed by atoms with Gasteiger partial charge in [0.15, 0.2) is 0 Å². The van der Waals surface area contributed by atoms with E-state index >= 15 is 0 Å². The van der Waals surface area contributed by atoms with E-state index in [9.17, 15) is 13.2 Å². The van der Waals surface area contributed by atoms with Crippen molar-refractivity contribution < 1.29 is 22.7 Å². The van der Waals surface area contributed by atoms with Crippen LogP contribution in [0.2, 0.25) is 0 Å². The van der Waals surface area contributed by atoms with Crippen molar-refractivity contribution in [3.63, 3.8) is 0 Å². The summed E-state index contributed by atoms with van der Waals surface area (Å²) in [4.78, 5) is 19.4. The van der Waals surface area contributed by atoms with Crippen molar-refractivity contribution in [2.24, 2.45) is 5.10 Å². The lowest BCUT2D eigenvalue weighted by atomic mass is 10.1. The Morgan fingerprint density at radius 2 is 1.68 bits per heavy atom. The SMILES string of the molecule is COc1ccc(S(=O)(=O)N(Cc2ccc(C(=O)NN=C(C)c3cccc(N4CCOCC4)c3)cc2)Cc2cccnc2)cc1. The average Bonchev–Trinajstić information content (AvgIpc) is 3.08. The summed E-state index contributed by atoms with van der Waals surface area (Å²) >= 11 is 0. The smallest absolute Gasteiger partial charge is 0.271 e. The molecule has 3 aromatic carbocycles. The molecule has 0 unspecified atom stereocenters. The van der Waals surface area contributed by atoms with Crippen molar-refractivity contribution >= 4 is 27.3 Å². The fraction of sp³-hybridized carbons (Fsp3) is 0.242. The van der Waals surface area contributed by atoms with Crippen molar-refractivity contribution in [3.05, 3.63) is 120 Å². The summed E-state index contributed by atoms with van der Waals surface area (Å²) in [6.45, 7) is 5.15. The highest BCUT2D eigenvalue weighted by atomic mass is 32.2. The van der Waals surface area contributed by atoms with Gasteiger partial charge in [-0.3, -0.25) is 9.78 Å². The average molecular weight is 614 g/mol. The van der Waals surface area contributed by atoms with Crippen LogP contribution in [0.4, 0.5) is 5.69 Å². The zero-order chi connectivity index (χ0) is 30.9. The van der Waals surface area contributed by atoms with Gasteiger partial charge in [-0.1, -0.05) is 30.3 Å². The summed E-state index contributed by atoms with van der Waals surface area (Å²) in [7, 11) is -2.33. The Morgan fingerprint density at radius 1 is 0.955 bits per heavy atom. The first-order valence-electron chi connectivity index (χ1n) is 14.2. The van der Waals surface area contributed by atoms with Crippen molar-refractivity contribution in [2.45, 2.75) is 24.9 Å². The van der Waals surface area contributed by atoms with E-state index in [0.717, 1.165) is 35.5 Å². The Hall–Kier alpha value is -4.58. The maximum Gasteiger partial charge on any atom is 0.271 e. The number of aromatic nitrogens is 1. The molecular formula is C33H35N5O5S. The van der Waals surface area contributed by atoms with E-state index in [-0.39, 0.29) is 23.9 Å². The molecule has 228 valence electrons. The van der Waals surface area contributed by atoms with E-state index in [1.807, 2.05) is 25.1 Å². The summed E-state index contributed by atoms with van der Waals surface area (Å²) in [5, 5.41) is 4.32. The van der Waals surface area contributed by atoms with Crippen molar-refractivity contribution in [3.8, 4) is 5.75 Å². The van der Waals surface area contributed by atoms with Crippen molar-refractivity contribution in [2.75, 3.05) is 38.3 Å². The fourth-order valence-corrected chi connectivity index (χ4v) is 6.21. The van der Waals surface area contributed by atoms with Crippen LogP contribution in [0.3, 0.4) is 0 Å². The normalized spacial score (nSPS) is 14.0. The molecule has 5 rings (SSSR count). The molecule has 44 heavy (non-hydrogen) atoms. The van der Waals surface area contributed by atoms with E-state index in [1.165, 1.54) is 23.5 Å². The minimum atomic E-state index is -3.86. The van der Waals surface area contributed by atoms with E-state index < -0.39 is 10.0 Å². The van der Waals surface area contributed by atoms with Gasteiger partial charge in [-0.2, -0.15) is 9.41 Å². The molecule has 1 amide bonds. The third-order valence-electron chi connectivity index (χ3n) is 7.32. The van der Waals surface area contributed by atoms with Gasteiger partial charge in [0.05, 0.1) is 30.9 Å². The fourth-order valence-electron chi connectivity index (χ4n) is 4.80.